The highest BCUT2D eigenvalue weighted by molar-refractivity contribution is 5.31. The van der Waals surface area contributed by atoms with Crippen LogP contribution in [-0.2, 0) is 0 Å². The van der Waals surface area contributed by atoms with E-state index in [1.807, 2.05) is 0 Å². The van der Waals surface area contributed by atoms with Crippen LogP contribution in [-0.4, -0.2) is 53.3 Å². The summed E-state index contributed by atoms with van der Waals surface area (Å²) in [6.45, 7) is 12.7. The molecule has 0 unspecified atom stereocenters. The van der Waals surface area contributed by atoms with Crippen LogP contribution in [0.2, 0.25) is 0 Å². The number of aliphatic hydroxyl groups excluding tert-OH is 1. The number of hydrogen-bond donors (Lipinski definition) is 1. The number of aliphatic hydroxyl groups is 1. The fourth-order valence-corrected chi connectivity index (χ4v) is 6.40. The third-order valence-corrected chi connectivity index (χ3v) is 6.97. The molecule has 0 spiro atoms. The molecule has 0 saturated carbocycles. The van der Waals surface area contributed by atoms with Gasteiger partial charge in [0.05, 0.1) is 18.4 Å². The summed E-state index contributed by atoms with van der Waals surface area (Å²) in [6, 6.07) is 8.70. The summed E-state index contributed by atoms with van der Waals surface area (Å²) in [7, 11) is 0. The molecule has 4 aliphatic rings. The van der Waals surface area contributed by atoms with Gasteiger partial charge in [-0.1, -0.05) is 38.8 Å². The number of hydrogen-bond acceptors (Lipinski definition) is 4. The maximum absolute atomic E-state index is 11.4. The van der Waals surface area contributed by atoms with Gasteiger partial charge >= 0.3 is 0 Å². The van der Waals surface area contributed by atoms with Crippen LogP contribution in [0.15, 0.2) is 24.3 Å². The molecular formula is C23H36N2O2. The topological polar surface area (TPSA) is 35.9 Å². The number of piperidine rings is 2. The van der Waals surface area contributed by atoms with E-state index < -0.39 is 0 Å². The van der Waals surface area contributed by atoms with E-state index in [4.69, 9.17) is 4.74 Å². The summed E-state index contributed by atoms with van der Waals surface area (Å²) in [5.74, 6) is 0.947. The van der Waals surface area contributed by atoms with Gasteiger partial charge in [-0.2, -0.15) is 0 Å². The van der Waals surface area contributed by atoms with Crippen molar-refractivity contribution in [1.82, 2.24) is 9.80 Å². The highest BCUT2D eigenvalue weighted by Crippen LogP contribution is 2.57. The fraction of sp³-hybridized carbons (Fsp3) is 0.739. The van der Waals surface area contributed by atoms with Gasteiger partial charge in [-0.3, -0.25) is 9.80 Å². The quantitative estimate of drug-likeness (QED) is 0.783. The van der Waals surface area contributed by atoms with Crippen molar-refractivity contribution in [2.45, 2.75) is 71.8 Å². The van der Waals surface area contributed by atoms with Crippen LogP contribution in [0.5, 0.6) is 5.75 Å². The second kappa shape index (κ2) is 7.06. The molecule has 0 amide bonds. The normalized spacial score (nSPS) is 39.9. The Morgan fingerprint density at radius 1 is 0.963 bits per heavy atom. The molecule has 0 aromatic heterocycles. The lowest BCUT2D eigenvalue weighted by atomic mass is 9.56. The Labute approximate surface area is 164 Å². The first-order valence-electron chi connectivity index (χ1n) is 10.9. The first kappa shape index (κ1) is 19.2. The Balaban J connectivity index is 1.62. The van der Waals surface area contributed by atoms with Crippen LogP contribution in [0.1, 0.15) is 65.1 Å². The van der Waals surface area contributed by atoms with Crippen LogP contribution in [0.25, 0.3) is 0 Å². The van der Waals surface area contributed by atoms with Gasteiger partial charge in [-0.15, -0.1) is 0 Å². The number of ether oxygens (including phenoxy) is 1. The zero-order valence-electron chi connectivity index (χ0n) is 17.4. The van der Waals surface area contributed by atoms with Gasteiger partial charge < -0.3 is 9.84 Å². The molecule has 4 heterocycles. The minimum atomic E-state index is -0.153. The van der Waals surface area contributed by atoms with Gasteiger partial charge in [0.2, 0.25) is 0 Å². The first-order valence-corrected chi connectivity index (χ1v) is 10.9. The Hall–Kier alpha value is -1.10. The smallest absolute Gasteiger partial charge is 0.119 e. The van der Waals surface area contributed by atoms with Crippen molar-refractivity contribution >= 4 is 0 Å². The minimum Gasteiger partial charge on any atom is -0.491 e. The predicted molar refractivity (Wildman–Crippen MR) is 109 cm³/mol. The molecule has 4 heteroatoms. The van der Waals surface area contributed by atoms with E-state index in [0.29, 0.717) is 6.17 Å². The molecule has 4 fully saturated rings. The van der Waals surface area contributed by atoms with Crippen molar-refractivity contribution in [2.75, 3.05) is 26.2 Å². The van der Waals surface area contributed by atoms with Gasteiger partial charge in [-0.05, 0) is 44.4 Å². The van der Waals surface area contributed by atoms with Crippen molar-refractivity contribution < 1.29 is 9.84 Å². The maximum atomic E-state index is 11.4. The van der Waals surface area contributed by atoms with Gasteiger partial charge in [0.25, 0.3) is 0 Å². The van der Waals surface area contributed by atoms with Crippen molar-refractivity contribution in [1.29, 1.82) is 0 Å². The molecule has 27 heavy (non-hydrogen) atoms. The van der Waals surface area contributed by atoms with E-state index in [9.17, 15) is 5.11 Å². The monoisotopic (exact) mass is 372 g/mol. The van der Waals surface area contributed by atoms with Crippen LogP contribution < -0.4 is 4.74 Å². The summed E-state index contributed by atoms with van der Waals surface area (Å²) in [4.78, 5) is 5.31. The summed E-state index contributed by atoms with van der Waals surface area (Å²) in [5.41, 5.74) is 1.47. The van der Waals surface area contributed by atoms with Crippen LogP contribution in [0, 0.1) is 10.8 Å². The van der Waals surface area contributed by atoms with E-state index in [0.717, 1.165) is 57.6 Å². The average Bonchev–Trinajstić information content (AvgIpc) is 2.60. The van der Waals surface area contributed by atoms with Crippen molar-refractivity contribution in [3.8, 4) is 5.75 Å². The molecular weight excluding hydrogens is 336 g/mol. The maximum Gasteiger partial charge on any atom is 0.119 e. The Bertz CT molecular complexity index is 615. The van der Waals surface area contributed by atoms with E-state index in [1.165, 1.54) is 5.56 Å². The highest BCUT2D eigenvalue weighted by atomic mass is 16.5. The summed E-state index contributed by atoms with van der Waals surface area (Å²) >= 11 is 0. The Morgan fingerprint density at radius 2 is 1.44 bits per heavy atom. The average molecular weight is 373 g/mol. The van der Waals surface area contributed by atoms with E-state index in [-0.39, 0.29) is 23.0 Å². The molecule has 150 valence electrons. The molecule has 4 nitrogen and oxygen atoms in total. The van der Waals surface area contributed by atoms with E-state index in [2.05, 4.69) is 61.8 Å². The highest BCUT2D eigenvalue weighted by Gasteiger charge is 2.64. The number of benzene rings is 1. The molecule has 1 aromatic carbocycles. The molecule has 0 radical (unpaired) electrons. The lowest BCUT2D eigenvalue weighted by Crippen LogP contribution is -2.78. The fourth-order valence-electron chi connectivity index (χ4n) is 6.40. The molecule has 4 aliphatic heterocycles. The third kappa shape index (κ3) is 3.10. The molecule has 0 aliphatic carbocycles. The number of nitrogens with zero attached hydrogens (tertiary/aromatic N) is 2. The van der Waals surface area contributed by atoms with Crippen LogP contribution >= 0.6 is 0 Å². The second-order valence-corrected chi connectivity index (χ2v) is 9.55. The van der Waals surface area contributed by atoms with Crippen LogP contribution in [0.3, 0.4) is 0 Å². The van der Waals surface area contributed by atoms with E-state index >= 15 is 0 Å². The van der Waals surface area contributed by atoms with Crippen molar-refractivity contribution in [2.24, 2.45) is 10.8 Å². The summed E-state index contributed by atoms with van der Waals surface area (Å²) in [6.07, 6.45) is 4.94. The Kier molecular flexibility index (Phi) is 5.02. The summed E-state index contributed by atoms with van der Waals surface area (Å²) < 4.78 is 5.82. The predicted octanol–water partition coefficient (Wildman–Crippen LogP) is 4.05. The SMILES string of the molecule is CCCC12CN3CC(CCC)(CN(C1)C3c1ccc(OC(C)C)cc1)C2O. The lowest BCUT2D eigenvalue weighted by Gasteiger charge is -2.70. The molecule has 4 bridgehead atoms. The van der Waals surface area contributed by atoms with Gasteiger partial charge in [0.15, 0.2) is 0 Å². The third-order valence-electron chi connectivity index (χ3n) is 6.97. The second-order valence-electron chi connectivity index (χ2n) is 9.55. The Morgan fingerprint density at radius 3 is 1.85 bits per heavy atom. The van der Waals surface area contributed by atoms with Gasteiger partial charge in [0, 0.05) is 37.0 Å². The van der Waals surface area contributed by atoms with Crippen molar-refractivity contribution in [3.63, 3.8) is 0 Å². The zero-order valence-corrected chi connectivity index (χ0v) is 17.4. The van der Waals surface area contributed by atoms with Gasteiger partial charge in [0.1, 0.15) is 5.75 Å². The summed E-state index contributed by atoms with van der Waals surface area (Å²) in [5, 5.41) is 11.4. The first-order chi connectivity index (χ1) is 12.9. The van der Waals surface area contributed by atoms with Gasteiger partial charge in [-0.25, -0.2) is 0 Å². The zero-order chi connectivity index (χ0) is 19.2. The molecule has 5 rings (SSSR count). The molecule has 1 aromatic rings. The number of rotatable bonds is 7. The molecule has 4 saturated heterocycles. The van der Waals surface area contributed by atoms with Crippen molar-refractivity contribution in [3.05, 3.63) is 29.8 Å². The standard InChI is InChI=1S/C23H36N2O2/c1-5-11-22-13-24-15-23(12-6-2,21(22)26)16-25(14-22)20(24)18-7-9-19(10-8-18)27-17(3)4/h7-10,17,20-21,26H,5-6,11-16H2,1-4H3. The van der Waals surface area contributed by atoms with E-state index in [1.54, 1.807) is 0 Å². The largest absolute Gasteiger partial charge is 0.491 e. The van der Waals surface area contributed by atoms with Crippen LogP contribution in [0.4, 0.5) is 0 Å². The molecule has 0 atom stereocenters. The minimum absolute atomic E-state index is 0.0532. The molecule has 1 N–H and O–H groups in total. The lowest BCUT2D eigenvalue weighted by molar-refractivity contribution is -0.268.